The molecule has 2 aromatic rings. The SMILES string of the molecule is CC(C)(C)OC(=O)NCC(NC(=O)c1ccc(B2OC(C)(C)C(C)(C)O2)s1)c1ccccc1. The van der Waals surface area contributed by atoms with E-state index in [9.17, 15) is 9.59 Å². The minimum Gasteiger partial charge on any atom is -0.444 e. The second kappa shape index (κ2) is 9.48. The maximum absolute atomic E-state index is 13.1. The number of hydrogen-bond acceptors (Lipinski definition) is 6. The molecular formula is C24H33BN2O5S. The van der Waals surface area contributed by atoms with E-state index in [1.165, 1.54) is 11.3 Å². The van der Waals surface area contributed by atoms with Gasteiger partial charge in [0.15, 0.2) is 0 Å². The molecule has 0 saturated carbocycles. The fourth-order valence-electron chi connectivity index (χ4n) is 3.23. The molecule has 1 aromatic heterocycles. The lowest BCUT2D eigenvalue weighted by Gasteiger charge is -2.32. The van der Waals surface area contributed by atoms with Crippen LogP contribution in [0, 0.1) is 0 Å². The molecule has 0 bridgehead atoms. The zero-order valence-corrected chi connectivity index (χ0v) is 21.2. The van der Waals surface area contributed by atoms with E-state index in [4.69, 9.17) is 14.0 Å². The number of thiophene rings is 1. The fourth-order valence-corrected chi connectivity index (χ4v) is 4.10. The van der Waals surface area contributed by atoms with Crippen molar-refractivity contribution in [2.75, 3.05) is 6.54 Å². The van der Waals surface area contributed by atoms with Gasteiger partial charge in [-0.15, -0.1) is 11.3 Å². The molecule has 1 unspecified atom stereocenters. The van der Waals surface area contributed by atoms with Gasteiger partial charge in [0.25, 0.3) is 5.91 Å². The van der Waals surface area contributed by atoms with Crippen LogP contribution in [0.1, 0.15) is 69.7 Å². The number of amides is 2. The average molecular weight is 472 g/mol. The Morgan fingerprint density at radius 3 is 2.21 bits per heavy atom. The number of nitrogens with one attached hydrogen (secondary N) is 2. The molecule has 178 valence electrons. The van der Waals surface area contributed by atoms with Gasteiger partial charge in [0, 0.05) is 11.3 Å². The molecule has 1 aliphatic heterocycles. The molecule has 2 heterocycles. The van der Waals surface area contributed by atoms with Crippen LogP contribution in [0.3, 0.4) is 0 Å². The molecule has 0 aliphatic carbocycles. The predicted molar refractivity (Wildman–Crippen MR) is 131 cm³/mol. The summed E-state index contributed by atoms with van der Waals surface area (Å²) >= 11 is 1.34. The summed E-state index contributed by atoms with van der Waals surface area (Å²) in [5.74, 6) is -0.234. The van der Waals surface area contributed by atoms with Crippen LogP contribution in [0.15, 0.2) is 42.5 Å². The first-order chi connectivity index (χ1) is 15.3. The zero-order valence-electron chi connectivity index (χ0n) is 20.4. The Balaban J connectivity index is 1.69. The van der Waals surface area contributed by atoms with Crippen molar-refractivity contribution in [3.8, 4) is 0 Å². The van der Waals surface area contributed by atoms with E-state index in [1.807, 2.05) is 64.1 Å². The molecule has 1 saturated heterocycles. The van der Waals surface area contributed by atoms with Crippen molar-refractivity contribution in [3.63, 3.8) is 0 Å². The zero-order chi connectivity index (χ0) is 24.4. The van der Waals surface area contributed by atoms with E-state index in [2.05, 4.69) is 10.6 Å². The van der Waals surface area contributed by atoms with Gasteiger partial charge < -0.3 is 24.7 Å². The monoisotopic (exact) mass is 472 g/mol. The summed E-state index contributed by atoms with van der Waals surface area (Å²) in [6.07, 6.45) is -0.531. The van der Waals surface area contributed by atoms with Gasteiger partial charge in [0.05, 0.1) is 22.1 Å². The highest BCUT2D eigenvalue weighted by Crippen LogP contribution is 2.37. The van der Waals surface area contributed by atoms with Gasteiger partial charge in [-0.3, -0.25) is 4.79 Å². The molecular weight excluding hydrogens is 439 g/mol. The van der Waals surface area contributed by atoms with Crippen molar-refractivity contribution in [1.82, 2.24) is 10.6 Å². The molecule has 1 aromatic carbocycles. The first kappa shape index (κ1) is 25.3. The molecule has 0 radical (unpaired) electrons. The van der Waals surface area contributed by atoms with Crippen molar-refractivity contribution >= 4 is 35.2 Å². The Morgan fingerprint density at radius 2 is 1.64 bits per heavy atom. The normalized spacial score (nSPS) is 18.0. The number of hydrogen-bond donors (Lipinski definition) is 2. The number of ether oxygens (including phenoxy) is 1. The van der Waals surface area contributed by atoms with Crippen LogP contribution >= 0.6 is 11.3 Å². The number of alkyl carbamates (subject to hydrolysis) is 1. The standard InChI is InChI=1S/C24H33BN2O5S/c1-22(2,3)30-21(29)26-15-17(16-11-9-8-10-12-16)27-20(28)18-13-14-19(33-18)25-31-23(4,5)24(6,7)32-25/h8-14,17H,15H2,1-7H3,(H,26,29)(H,27,28). The quantitative estimate of drug-likeness (QED) is 0.620. The third-order valence-electron chi connectivity index (χ3n) is 5.69. The largest absolute Gasteiger partial charge is 0.505 e. The fraction of sp³-hybridized carbons (Fsp3) is 0.500. The lowest BCUT2D eigenvalue weighted by Crippen LogP contribution is -2.41. The lowest BCUT2D eigenvalue weighted by atomic mass is 9.88. The van der Waals surface area contributed by atoms with Crippen molar-refractivity contribution < 1.29 is 23.6 Å². The number of carbonyl (C=O) groups excluding carboxylic acids is 2. The van der Waals surface area contributed by atoms with Gasteiger partial charge in [0.2, 0.25) is 0 Å². The Kier molecular flexibility index (Phi) is 7.26. The number of carbonyl (C=O) groups is 2. The molecule has 1 atom stereocenters. The van der Waals surface area contributed by atoms with Crippen LogP contribution < -0.4 is 15.4 Å². The van der Waals surface area contributed by atoms with Gasteiger partial charge >= 0.3 is 13.2 Å². The van der Waals surface area contributed by atoms with Crippen LogP contribution in [0.5, 0.6) is 0 Å². The van der Waals surface area contributed by atoms with Crippen LogP contribution in [-0.4, -0.2) is 42.5 Å². The number of benzene rings is 1. The summed E-state index contributed by atoms with van der Waals surface area (Å²) < 4.78 is 18.3. The van der Waals surface area contributed by atoms with Gasteiger partial charge in [-0.1, -0.05) is 36.4 Å². The Morgan fingerprint density at radius 1 is 1.03 bits per heavy atom. The van der Waals surface area contributed by atoms with Gasteiger partial charge in [0.1, 0.15) is 5.60 Å². The molecule has 9 heteroatoms. The summed E-state index contributed by atoms with van der Waals surface area (Å²) in [5, 5.41) is 5.77. The third-order valence-corrected chi connectivity index (χ3v) is 6.80. The maximum atomic E-state index is 13.1. The summed E-state index contributed by atoms with van der Waals surface area (Å²) in [6.45, 7) is 13.6. The summed E-state index contributed by atoms with van der Waals surface area (Å²) in [6, 6.07) is 12.7. The molecule has 1 fully saturated rings. The Labute approximate surface area is 200 Å². The maximum Gasteiger partial charge on any atom is 0.505 e. The third kappa shape index (κ3) is 6.37. The van der Waals surface area contributed by atoms with E-state index < -0.39 is 36.1 Å². The van der Waals surface area contributed by atoms with Crippen LogP contribution in [-0.2, 0) is 14.0 Å². The lowest BCUT2D eigenvalue weighted by molar-refractivity contribution is 0.00578. The van der Waals surface area contributed by atoms with Crippen LogP contribution in [0.2, 0.25) is 0 Å². The predicted octanol–water partition coefficient (Wildman–Crippen LogP) is 4.04. The topological polar surface area (TPSA) is 85.9 Å². The van der Waals surface area contributed by atoms with Gasteiger partial charge in [-0.25, -0.2) is 4.79 Å². The molecule has 2 N–H and O–H groups in total. The van der Waals surface area contributed by atoms with Crippen molar-refractivity contribution in [2.24, 2.45) is 0 Å². The Bertz CT molecular complexity index is 968. The van der Waals surface area contributed by atoms with E-state index in [0.29, 0.717) is 4.88 Å². The van der Waals surface area contributed by atoms with Crippen molar-refractivity contribution in [3.05, 3.63) is 52.9 Å². The molecule has 2 amide bonds. The molecule has 3 rings (SSSR count). The molecule has 0 spiro atoms. The second-order valence-electron chi connectivity index (χ2n) is 10.1. The van der Waals surface area contributed by atoms with Gasteiger partial charge in [-0.05, 0) is 60.1 Å². The highest BCUT2D eigenvalue weighted by atomic mass is 32.1. The van der Waals surface area contributed by atoms with Crippen LogP contribution in [0.4, 0.5) is 4.79 Å². The smallest absolute Gasteiger partial charge is 0.444 e. The van der Waals surface area contributed by atoms with Crippen LogP contribution in [0.25, 0.3) is 0 Å². The van der Waals surface area contributed by atoms with Gasteiger partial charge in [-0.2, -0.15) is 0 Å². The van der Waals surface area contributed by atoms with E-state index >= 15 is 0 Å². The van der Waals surface area contributed by atoms with E-state index in [-0.39, 0.29) is 12.5 Å². The number of rotatable bonds is 6. The summed E-state index contributed by atoms with van der Waals surface area (Å²) in [7, 11) is -0.514. The molecule has 33 heavy (non-hydrogen) atoms. The minimum absolute atomic E-state index is 0.195. The molecule has 7 nitrogen and oxygen atoms in total. The highest BCUT2D eigenvalue weighted by molar-refractivity contribution is 7.23. The molecule has 1 aliphatic rings. The highest BCUT2D eigenvalue weighted by Gasteiger charge is 2.52. The van der Waals surface area contributed by atoms with Crippen molar-refractivity contribution in [2.45, 2.75) is 71.3 Å². The first-order valence-corrected chi connectivity index (χ1v) is 11.9. The van der Waals surface area contributed by atoms with Crippen molar-refractivity contribution in [1.29, 1.82) is 0 Å². The van der Waals surface area contributed by atoms with E-state index in [1.54, 1.807) is 26.8 Å². The summed E-state index contributed by atoms with van der Waals surface area (Å²) in [4.78, 5) is 25.7. The minimum atomic E-state index is -0.601. The summed E-state index contributed by atoms with van der Waals surface area (Å²) in [5.41, 5.74) is -0.619. The Hall–Kier alpha value is -2.36. The first-order valence-electron chi connectivity index (χ1n) is 11.1. The second-order valence-corrected chi connectivity index (χ2v) is 11.2. The average Bonchev–Trinajstić information content (AvgIpc) is 3.27. The van der Waals surface area contributed by atoms with E-state index in [0.717, 1.165) is 10.3 Å².